The molecule has 1 aromatic rings. The van der Waals surface area contributed by atoms with Gasteiger partial charge in [-0.3, -0.25) is 9.69 Å². The van der Waals surface area contributed by atoms with E-state index in [1.807, 2.05) is 43.0 Å². The van der Waals surface area contributed by atoms with Gasteiger partial charge in [-0.25, -0.2) is 0 Å². The first-order valence-electron chi connectivity index (χ1n) is 7.53. The first-order chi connectivity index (χ1) is 10.3. The van der Waals surface area contributed by atoms with E-state index in [1.54, 1.807) is 0 Å². The molecule has 118 valence electrons. The van der Waals surface area contributed by atoms with Crippen LogP contribution in [-0.2, 0) is 16.8 Å². The monoisotopic (exact) mass is 301 g/mol. The molecule has 0 unspecified atom stereocenters. The van der Waals surface area contributed by atoms with Crippen molar-refractivity contribution < 1.29 is 9.90 Å². The quantitative estimate of drug-likeness (QED) is 0.877. The SMILES string of the molecule is CC(C)(C#N)c1ccccc1CN1CCC[C@@](O)(C(N)=O)C1. The molecule has 5 nitrogen and oxygen atoms in total. The highest BCUT2D eigenvalue weighted by molar-refractivity contribution is 5.83. The van der Waals surface area contributed by atoms with E-state index in [1.165, 1.54) is 0 Å². The van der Waals surface area contributed by atoms with E-state index in [9.17, 15) is 15.2 Å². The van der Waals surface area contributed by atoms with Crippen molar-refractivity contribution in [3.8, 4) is 6.07 Å². The van der Waals surface area contributed by atoms with Gasteiger partial charge in [-0.2, -0.15) is 5.26 Å². The maximum Gasteiger partial charge on any atom is 0.250 e. The summed E-state index contributed by atoms with van der Waals surface area (Å²) < 4.78 is 0. The van der Waals surface area contributed by atoms with Gasteiger partial charge in [0.15, 0.2) is 5.60 Å². The van der Waals surface area contributed by atoms with Crippen molar-refractivity contribution in [2.75, 3.05) is 13.1 Å². The van der Waals surface area contributed by atoms with E-state index >= 15 is 0 Å². The van der Waals surface area contributed by atoms with Gasteiger partial charge in [-0.05, 0) is 44.4 Å². The highest BCUT2D eigenvalue weighted by Gasteiger charge is 2.38. The zero-order chi connectivity index (χ0) is 16.4. The zero-order valence-electron chi connectivity index (χ0n) is 13.2. The van der Waals surface area contributed by atoms with Crippen LogP contribution < -0.4 is 5.73 Å². The summed E-state index contributed by atoms with van der Waals surface area (Å²) in [6.07, 6.45) is 1.13. The van der Waals surface area contributed by atoms with Crippen molar-refractivity contribution in [2.24, 2.45) is 5.73 Å². The number of benzene rings is 1. The van der Waals surface area contributed by atoms with Crippen LogP contribution in [0.25, 0.3) is 0 Å². The Kier molecular flexibility index (Phi) is 4.55. The number of nitrogens with zero attached hydrogens (tertiary/aromatic N) is 2. The van der Waals surface area contributed by atoms with Gasteiger partial charge in [-0.1, -0.05) is 24.3 Å². The van der Waals surface area contributed by atoms with E-state index in [2.05, 4.69) is 6.07 Å². The third-order valence-electron chi connectivity index (χ3n) is 4.37. The van der Waals surface area contributed by atoms with Crippen LogP contribution in [0.15, 0.2) is 24.3 Å². The molecule has 2 rings (SSSR count). The first-order valence-corrected chi connectivity index (χ1v) is 7.53. The highest BCUT2D eigenvalue weighted by Crippen LogP contribution is 2.28. The van der Waals surface area contributed by atoms with Gasteiger partial charge in [-0.15, -0.1) is 0 Å². The van der Waals surface area contributed by atoms with Crippen LogP contribution >= 0.6 is 0 Å². The van der Waals surface area contributed by atoms with Crippen LogP contribution in [0.2, 0.25) is 0 Å². The standard InChI is InChI=1S/C17H23N3O2/c1-16(2,11-18)14-7-4-3-6-13(14)10-20-9-5-8-17(22,12-20)15(19)21/h3-4,6-7,22H,5,8-10,12H2,1-2H3,(H2,19,21)/t17-/m0/s1. The molecular formula is C17H23N3O2. The number of nitriles is 1. The molecule has 1 fully saturated rings. The minimum Gasteiger partial charge on any atom is -0.379 e. The number of rotatable bonds is 4. The molecule has 1 amide bonds. The molecule has 1 aliphatic rings. The van der Waals surface area contributed by atoms with Crippen LogP contribution in [0.4, 0.5) is 0 Å². The fourth-order valence-corrected chi connectivity index (χ4v) is 3.03. The third kappa shape index (κ3) is 3.29. The number of β-amino-alcohol motifs (C(OH)–C–C–N with tert-alkyl or cyclic N) is 1. The second-order valence-corrected chi connectivity index (χ2v) is 6.60. The summed E-state index contributed by atoms with van der Waals surface area (Å²) >= 11 is 0. The van der Waals surface area contributed by atoms with Crippen LogP contribution in [0, 0.1) is 11.3 Å². The maximum absolute atomic E-state index is 11.4. The van der Waals surface area contributed by atoms with Crippen molar-refractivity contribution in [3.63, 3.8) is 0 Å². The Labute approximate surface area is 131 Å². The van der Waals surface area contributed by atoms with Gasteiger partial charge in [0, 0.05) is 13.1 Å². The van der Waals surface area contributed by atoms with Gasteiger partial charge in [0.1, 0.15) is 0 Å². The largest absolute Gasteiger partial charge is 0.379 e. The molecule has 1 saturated heterocycles. The third-order valence-corrected chi connectivity index (χ3v) is 4.37. The van der Waals surface area contributed by atoms with E-state index in [0.29, 0.717) is 13.0 Å². The van der Waals surface area contributed by atoms with E-state index < -0.39 is 16.9 Å². The molecule has 0 spiro atoms. The van der Waals surface area contributed by atoms with Crippen LogP contribution in [-0.4, -0.2) is 34.6 Å². The fraction of sp³-hybridized carbons (Fsp3) is 0.529. The number of likely N-dealkylation sites (tertiary alicyclic amines) is 1. The summed E-state index contributed by atoms with van der Waals surface area (Å²) in [5.74, 6) is -0.664. The van der Waals surface area contributed by atoms with Crippen LogP contribution in [0.3, 0.4) is 0 Å². The molecule has 1 aromatic carbocycles. The minimum atomic E-state index is -1.45. The lowest BCUT2D eigenvalue weighted by atomic mass is 9.82. The molecule has 1 heterocycles. The lowest BCUT2D eigenvalue weighted by Gasteiger charge is -2.37. The van der Waals surface area contributed by atoms with Crippen LogP contribution in [0.1, 0.15) is 37.8 Å². The summed E-state index contributed by atoms with van der Waals surface area (Å²) in [7, 11) is 0. The van der Waals surface area contributed by atoms with Crippen LogP contribution in [0.5, 0.6) is 0 Å². The molecule has 0 radical (unpaired) electrons. The first kappa shape index (κ1) is 16.5. The predicted molar refractivity (Wildman–Crippen MR) is 83.7 cm³/mol. The molecule has 0 saturated carbocycles. The Morgan fingerprint density at radius 1 is 1.50 bits per heavy atom. The van der Waals surface area contributed by atoms with Gasteiger partial charge in [0.25, 0.3) is 5.91 Å². The Hall–Kier alpha value is -1.90. The number of primary amides is 1. The average Bonchev–Trinajstić information content (AvgIpc) is 2.47. The Morgan fingerprint density at radius 3 is 2.82 bits per heavy atom. The number of nitrogens with two attached hydrogens (primary N) is 1. The fourth-order valence-electron chi connectivity index (χ4n) is 3.03. The summed E-state index contributed by atoms with van der Waals surface area (Å²) in [5, 5.41) is 19.7. The number of hydrogen-bond donors (Lipinski definition) is 2. The Balaban J connectivity index is 2.22. The second-order valence-electron chi connectivity index (χ2n) is 6.60. The molecular weight excluding hydrogens is 278 g/mol. The van der Waals surface area contributed by atoms with Gasteiger partial charge >= 0.3 is 0 Å². The number of carbonyl (C=O) groups is 1. The van der Waals surface area contributed by atoms with E-state index in [0.717, 1.165) is 24.1 Å². The Bertz CT molecular complexity index is 606. The lowest BCUT2D eigenvalue weighted by Crippen LogP contribution is -2.55. The molecule has 0 aliphatic carbocycles. The minimum absolute atomic E-state index is 0.240. The number of aliphatic hydroxyl groups is 1. The van der Waals surface area contributed by atoms with Gasteiger partial charge in [0.2, 0.25) is 0 Å². The summed E-state index contributed by atoms with van der Waals surface area (Å²) in [6.45, 7) is 5.42. The predicted octanol–water partition coefficient (Wildman–Crippen LogP) is 1.30. The number of amides is 1. The number of carbonyl (C=O) groups excluding carboxylic acids is 1. The molecule has 1 aliphatic heterocycles. The molecule has 1 atom stereocenters. The zero-order valence-corrected chi connectivity index (χ0v) is 13.2. The molecule has 0 aromatic heterocycles. The smallest absolute Gasteiger partial charge is 0.250 e. The van der Waals surface area contributed by atoms with E-state index in [4.69, 9.17) is 5.73 Å². The summed E-state index contributed by atoms with van der Waals surface area (Å²) in [5.41, 5.74) is 5.32. The molecule has 0 bridgehead atoms. The van der Waals surface area contributed by atoms with Crippen molar-refractivity contribution in [1.82, 2.24) is 4.90 Å². The van der Waals surface area contributed by atoms with Crippen molar-refractivity contribution in [2.45, 2.75) is 44.2 Å². The summed E-state index contributed by atoms with van der Waals surface area (Å²) in [4.78, 5) is 13.5. The average molecular weight is 301 g/mol. The molecule has 5 heteroatoms. The number of piperidine rings is 1. The normalized spacial score (nSPS) is 23.0. The topological polar surface area (TPSA) is 90.3 Å². The van der Waals surface area contributed by atoms with Crippen molar-refractivity contribution in [3.05, 3.63) is 35.4 Å². The summed E-state index contributed by atoms with van der Waals surface area (Å²) in [6, 6.07) is 10.1. The number of hydrogen-bond acceptors (Lipinski definition) is 4. The van der Waals surface area contributed by atoms with Crippen molar-refractivity contribution >= 4 is 5.91 Å². The maximum atomic E-state index is 11.4. The van der Waals surface area contributed by atoms with Gasteiger partial charge < -0.3 is 10.8 Å². The highest BCUT2D eigenvalue weighted by atomic mass is 16.3. The Morgan fingerprint density at radius 2 is 2.18 bits per heavy atom. The van der Waals surface area contributed by atoms with Crippen molar-refractivity contribution in [1.29, 1.82) is 5.26 Å². The lowest BCUT2D eigenvalue weighted by molar-refractivity contribution is -0.142. The van der Waals surface area contributed by atoms with E-state index in [-0.39, 0.29) is 6.54 Å². The van der Waals surface area contributed by atoms with Gasteiger partial charge in [0.05, 0.1) is 11.5 Å². The molecule has 3 N–H and O–H groups in total. The second kappa shape index (κ2) is 6.07. The molecule has 22 heavy (non-hydrogen) atoms.